The normalized spacial score (nSPS) is 16.4. The number of carbonyl (C=O) groups excluding carboxylic acids is 2. The van der Waals surface area contributed by atoms with E-state index < -0.39 is 0 Å². The molecule has 0 radical (unpaired) electrons. The van der Waals surface area contributed by atoms with Crippen LogP contribution in [0.4, 0.5) is 11.4 Å². The van der Waals surface area contributed by atoms with Gasteiger partial charge in [-0.2, -0.15) is 0 Å². The van der Waals surface area contributed by atoms with Gasteiger partial charge in [-0.1, -0.05) is 24.3 Å². The first-order valence-electron chi connectivity index (χ1n) is 8.99. The van der Waals surface area contributed by atoms with Gasteiger partial charge in [0.2, 0.25) is 5.91 Å². The summed E-state index contributed by atoms with van der Waals surface area (Å²) in [5, 5.41) is 2.71. The molecule has 0 spiro atoms. The van der Waals surface area contributed by atoms with Crippen molar-refractivity contribution in [3.8, 4) is 0 Å². The molecule has 0 aliphatic carbocycles. The van der Waals surface area contributed by atoms with Crippen LogP contribution in [0.25, 0.3) is 0 Å². The molecule has 0 bridgehead atoms. The quantitative estimate of drug-likeness (QED) is 0.684. The number of anilines is 2. The Morgan fingerprint density at radius 2 is 1.93 bits per heavy atom. The Kier molecular flexibility index (Phi) is 4.96. The van der Waals surface area contributed by atoms with Crippen LogP contribution in [0, 0.1) is 13.8 Å². The summed E-state index contributed by atoms with van der Waals surface area (Å²) in [6.45, 7) is 4.09. The summed E-state index contributed by atoms with van der Waals surface area (Å²) in [6.07, 6.45) is 1.47. The lowest BCUT2D eigenvalue weighted by Gasteiger charge is -2.26. The van der Waals surface area contributed by atoms with Crippen LogP contribution in [0.15, 0.2) is 65.3 Å². The summed E-state index contributed by atoms with van der Waals surface area (Å²) < 4.78 is 5.18. The van der Waals surface area contributed by atoms with Crippen LogP contribution in [0.3, 0.4) is 0 Å². The number of para-hydroxylation sites is 1. The summed E-state index contributed by atoms with van der Waals surface area (Å²) >= 11 is 1.56. The Morgan fingerprint density at radius 1 is 1.11 bits per heavy atom. The highest BCUT2D eigenvalue weighted by Crippen LogP contribution is 2.44. The van der Waals surface area contributed by atoms with E-state index in [1.165, 1.54) is 11.8 Å². The average molecular weight is 392 g/mol. The Morgan fingerprint density at radius 3 is 2.68 bits per heavy atom. The highest BCUT2D eigenvalue weighted by molar-refractivity contribution is 8.00. The fraction of sp³-hybridized carbons (Fsp3) is 0.182. The first-order valence-corrected chi connectivity index (χ1v) is 10.0. The topological polar surface area (TPSA) is 62.6 Å². The molecule has 1 unspecified atom stereocenters. The van der Waals surface area contributed by atoms with Crippen LogP contribution in [0.5, 0.6) is 0 Å². The maximum atomic E-state index is 12.7. The molecular formula is C22H20N2O3S. The minimum absolute atomic E-state index is 0.0606. The standard InChI is InChI=1S/C22H20N2O3S/c1-14-9-10-16(12-15(14)2)24-20(25)13-28-22(24)17-6-3-4-7-18(17)23-21(26)19-8-5-11-27-19/h3-12,22H,13H2,1-2H3,(H,23,26). The zero-order valence-corrected chi connectivity index (χ0v) is 16.5. The zero-order chi connectivity index (χ0) is 19.7. The molecule has 1 fully saturated rings. The van der Waals surface area contributed by atoms with Crippen molar-refractivity contribution < 1.29 is 14.0 Å². The summed E-state index contributed by atoms with van der Waals surface area (Å²) in [5.41, 5.74) is 4.75. The van der Waals surface area contributed by atoms with Gasteiger partial charge in [0, 0.05) is 16.9 Å². The lowest BCUT2D eigenvalue weighted by atomic mass is 10.1. The minimum atomic E-state index is -0.315. The number of nitrogens with one attached hydrogen (secondary N) is 1. The average Bonchev–Trinajstić information content (AvgIpc) is 3.35. The fourth-order valence-corrected chi connectivity index (χ4v) is 4.44. The van der Waals surface area contributed by atoms with Gasteiger partial charge in [0.05, 0.1) is 12.0 Å². The van der Waals surface area contributed by atoms with Crippen LogP contribution in [0.2, 0.25) is 0 Å². The largest absolute Gasteiger partial charge is 0.459 e. The molecule has 1 atom stereocenters. The number of nitrogens with zero attached hydrogens (tertiary/aromatic N) is 1. The Bertz CT molecular complexity index is 1030. The molecule has 1 saturated heterocycles. The Labute approximate surface area is 167 Å². The summed E-state index contributed by atoms with van der Waals surface area (Å²) in [5.74, 6) is 0.392. The number of aryl methyl sites for hydroxylation is 2. The minimum Gasteiger partial charge on any atom is -0.459 e. The summed E-state index contributed by atoms with van der Waals surface area (Å²) in [7, 11) is 0. The van der Waals surface area contributed by atoms with Gasteiger partial charge in [-0.25, -0.2) is 0 Å². The van der Waals surface area contributed by atoms with Crippen LogP contribution < -0.4 is 10.2 Å². The van der Waals surface area contributed by atoms with Gasteiger partial charge in [-0.15, -0.1) is 11.8 Å². The van der Waals surface area contributed by atoms with Gasteiger partial charge in [-0.05, 0) is 55.3 Å². The third-order valence-electron chi connectivity index (χ3n) is 4.86. The van der Waals surface area contributed by atoms with Crippen LogP contribution in [0.1, 0.15) is 32.6 Å². The monoisotopic (exact) mass is 392 g/mol. The van der Waals surface area contributed by atoms with Gasteiger partial charge in [0.1, 0.15) is 5.37 Å². The van der Waals surface area contributed by atoms with Crippen molar-refractivity contribution in [3.05, 3.63) is 83.3 Å². The highest BCUT2D eigenvalue weighted by Gasteiger charge is 2.35. The van der Waals surface area contributed by atoms with Crippen molar-refractivity contribution >= 4 is 35.0 Å². The molecule has 1 aromatic heterocycles. The van der Waals surface area contributed by atoms with Gasteiger partial charge >= 0.3 is 0 Å². The number of carbonyl (C=O) groups is 2. The summed E-state index contributed by atoms with van der Waals surface area (Å²) in [6, 6.07) is 16.9. The van der Waals surface area contributed by atoms with Crippen molar-refractivity contribution in [2.75, 3.05) is 16.0 Å². The van der Waals surface area contributed by atoms with Crippen molar-refractivity contribution in [1.29, 1.82) is 0 Å². The lowest BCUT2D eigenvalue weighted by Crippen LogP contribution is -2.28. The SMILES string of the molecule is Cc1ccc(N2C(=O)CSC2c2ccccc2NC(=O)c2ccco2)cc1C. The first-order chi connectivity index (χ1) is 13.5. The second-order valence-electron chi connectivity index (χ2n) is 6.71. The molecule has 5 nitrogen and oxygen atoms in total. The summed E-state index contributed by atoms with van der Waals surface area (Å²) in [4.78, 5) is 26.9. The molecule has 6 heteroatoms. The van der Waals surface area contributed by atoms with E-state index in [1.54, 1.807) is 23.9 Å². The molecular weight excluding hydrogens is 372 g/mol. The maximum Gasteiger partial charge on any atom is 0.291 e. The van der Waals surface area contributed by atoms with Gasteiger partial charge in [0.15, 0.2) is 5.76 Å². The zero-order valence-electron chi connectivity index (χ0n) is 15.6. The number of hydrogen-bond acceptors (Lipinski definition) is 4. The molecule has 0 saturated carbocycles. The van der Waals surface area contributed by atoms with E-state index in [1.807, 2.05) is 54.3 Å². The molecule has 28 heavy (non-hydrogen) atoms. The van der Waals surface area contributed by atoms with Crippen LogP contribution >= 0.6 is 11.8 Å². The van der Waals surface area contributed by atoms with Crippen molar-refractivity contribution in [2.24, 2.45) is 0 Å². The molecule has 1 aliphatic heterocycles. The van der Waals surface area contributed by atoms with E-state index in [9.17, 15) is 9.59 Å². The molecule has 142 valence electrons. The molecule has 4 rings (SSSR count). The third-order valence-corrected chi connectivity index (χ3v) is 6.05. The Hall–Kier alpha value is -2.99. The highest BCUT2D eigenvalue weighted by atomic mass is 32.2. The van der Waals surface area contributed by atoms with Gasteiger partial charge in [-0.3, -0.25) is 14.5 Å². The fourth-order valence-electron chi connectivity index (χ4n) is 3.23. The van der Waals surface area contributed by atoms with E-state index in [2.05, 4.69) is 12.2 Å². The smallest absolute Gasteiger partial charge is 0.291 e. The molecule has 2 heterocycles. The second-order valence-corrected chi connectivity index (χ2v) is 7.78. The number of furan rings is 1. The van der Waals surface area contributed by atoms with Gasteiger partial charge in [0.25, 0.3) is 5.91 Å². The first kappa shape index (κ1) is 18.4. The second kappa shape index (κ2) is 7.56. The number of rotatable bonds is 4. The van der Waals surface area contributed by atoms with E-state index >= 15 is 0 Å². The molecule has 3 aromatic rings. The van der Waals surface area contributed by atoms with E-state index in [0.717, 1.165) is 16.8 Å². The van der Waals surface area contributed by atoms with E-state index in [4.69, 9.17) is 4.42 Å². The molecule has 1 N–H and O–H groups in total. The van der Waals surface area contributed by atoms with Crippen molar-refractivity contribution in [1.82, 2.24) is 0 Å². The number of hydrogen-bond donors (Lipinski definition) is 1. The van der Waals surface area contributed by atoms with E-state index in [0.29, 0.717) is 11.4 Å². The molecule has 2 aromatic carbocycles. The molecule has 1 aliphatic rings. The van der Waals surface area contributed by atoms with Crippen LogP contribution in [-0.4, -0.2) is 17.6 Å². The van der Waals surface area contributed by atoms with Crippen molar-refractivity contribution in [2.45, 2.75) is 19.2 Å². The molecule has 2 amide bonds. The Balaban J connectivity index is 1.68. The predicted molar refractivity (Wildman–Crippen MR) is 112 cm³/mol. The van der Waals surface area contributed by atoms with Gasteiger partial charge < -0.3 is 9.73 Å². The van der Waals surface area contributed by atoms with Crippen LogP contribution in [-0.2, 0) is 4.79 Å². The number of thioether (sulfide) groups is 1. The number of amides is 2. The number of benzene rings is 2. The maximum absolute atomic E-state index is 12.7. The predicted octanol–water partition coefficient (Wildman–Crippen LogP) is 4.93. The van der Waals surface area contributed by atoms with Crippen molar-refractivity contribution in [3.63, 3.8) is 0 Å². The lowest BCUT2D eigenvalue weighted by molar-refractivity contribution is -0.115. The van der Waals surface area contributed by atoms with E-state index in [-0.39, 0.29) is 22.9 Å². The third kappa shape index (κ3) is 3.43.